The molecule has 3 fully saturated rings. The summed E-state index contributed by atoms with van der Waals surface area (Å²) < 4.78 is 5.69. The van der Waals surface area contributed by atoms with E-state index >= 15 is 0 Å². The molecule has 3 saturated carbocycles. The minimum absolute atomic E-state index is 0.00774. The van der Waals surface area contributed by atoms with Crippen LogP contribution in [0.25, 0.3) is 0 Å². The van der Waals surface area contributed by atoms with Gasteiger partial charge in [-0.1, -0.05) is 6.92 Å². The van der Waals surface area contributed by atoms with Gasteiger partial charge in [0.2, 0.25) is 0 Å². The van der Waals surface area contributed by atoms with Crippen molar-refractivity contribution in [3.8, 4) is 0 Å². The zero-order chi connectivity index (χ0) is 15.9. The van der Waals surface area contributed by atoms with Crippen molar-refractivity contribution < 1.29 is 9.84 Å². The average molecular weight is 319 g/mol. The third kappa shape index (κ3) is 3.08. The number of hydrogen-bond acceptors (Lipinski definition) is 2. The maximum absolute atomic E-state index is 10.0. The Balaban J connectivity index is 1.55. The van der Waals surface area contributed by atoms with E-state index in [0.29, 0.717) is 5.41 Å². The maximum atomic E-state index is 10.0. The number of hydrogen-bond donors (Lipinski definition) is 1. The molecule has 1 aliphatic heterocycles. The predicted octanol–water partition coefficient (Wildman–Crippen LogP) is 4.92. The fourth-order valence-electron chi connectivity index (χ4n) is 6.57. The lowest BCUT2D eigenvalue weighted by atomic mass is 9.50. The van der Waals surface area contributed by atoms with Crippen LogP contribution in [0.2, 0.25) is 0 Å². The van der Waals surface area contributed by atoms with Crippen LogP contribution in [0.1, 0.15) is 71.1 Å². The van der Waals surface area contributed by atoms with Crippen LogP contribution < -0.4 is 0 Å². The van der Waals surface area contributed by atoms with Gasteiger partial charge in [0.15, 0.2) is 0 Å². The highest BCUT2D eigenvalue weighted by atomic mass is 16.5. The molecule has 0 unspecified atom stereocenters. The summed E-state index contributed by atoms with van der Waals surface area (Å²) in [7, 11) is 0. The fraction of sp³-hybridized carbons (Fsp3) is 0.905. The van der Waals surface area contributed by atoms with Gasteiger partial charge in [-0.2, -0.15) is 0 Å². The van der Waals surface area contributed by atoms with Crippen LogP contribution in [-0.4, -0.2) is 17.8 Å². The molecule has 0 aromatic heterocycles. The molecule has 0 aromatic carbocycles. The number of allylic oxidation sites excluding steroid dienone is 1. The molecule has 0 amide bonds. The van der Waals surface area contributed by atoms with Crippen molar-refractivity contribution in [1.29, 1.82) is 0 Å². The number of aliphatic hydroxyl groups excluding tert-OH is 1. The molecule has 0 spiro atoms. The monoisotopic (exact) mass is 318 g/mol. The highest BCUT2D eigenvalue weighted by molar-refractivity contribution is 5.07. The summed E-state index contributed by atoms with van der Waals surface area (Å²) in [6.45, 7) is 3.39. The lowest BCUT2D eigenvalue weighted by molar-refractivity contribution is -0.0516. The number of ether oxygens (including phenoxy) is 1. The number of rotatable bonds is 0. The third-order valence-electron chi connectivity index (χ3n) is 7.89. The van der Waals surface area contributed by atoms with Crippen LogP contribution in [0, 0.1) is 35.0 Å². The van der Waals surface area contributed by atoms with Crippen LogP contribution >= 0.6 is 0 Å². The smallest absolute Gasteiger partial charge is 0.0873 e. The van der Waals surface area contributed by atoms with Gasteiger partial charge in [0.05, 0.1) is 19.0 Å². The minimum Gasteiger partial charge on any atom is -0.502 e. The molecule has 0 radical (unpaired) electrons. The summed E-state index contributed by atoms with van der Waals surface area (Å²) >= 11 is 0. The lowest BCUT2D eigenvalue weighted by Crippen LogP contribution is -2.47. The van der Waals surface area contributed by atoms with E-state index in [1.165, 1.54) is 51.4 Å². The molecular formula is C21H34O2. The predicted molar refractivity (Wildman–Crippen MR) is 92.8 cm³/mol. The van der Waals surface area contributed by atoms with Crippen molar-refractivity contribution in [2.24, 2.45) is 35.0 Å². The van der Waals surface area contributed by atoms with Crippen molar-refractivity contribution in [2.75, 3.05) is 6.61 Å². The quantitative estimate of drug-likeness (QED) is 0.687. The Morgan fingerprint density at radius 2 is 1.87 bits per heavy atom. The number of aliphatic hydroxyl groups is 1. The highest BCUT2D eigenvalue weighted by Gasteiger charge is 2.49. The Kier molecular flexibility index (Phi) is 4.47. The summed E-state index contributed by atoms with van der Waals surface area (Å²) in [5, 5.41) is 10.0. The van der Waals surface area contributed by atoms with Crippen LogP contribution in [0.3, 0.4) is 0 Å². The van der Waals surface area contributed by atoms with Gasteiger partial charge >= 0.3 is 0 Å². The molecule has 0 aromatic rings. The Morgan fingerprint density at radius 1 is 0.957 bits per heavy atom. The highest BCUT2D eigenvalue weighted by Crippen LogP contribution is 2.58. The molecular weight excluding hydrogens is 284 g/mol. The molecule has 3 aliphatic carbocycles. The van der Waals surface area contributed by atoms with E-state index in [4.69, 9.17) is 4.74 Å². The van der Waals surface area contributed by atoms with Crippen molar-refractivity contribution in [3.63, 3.8) is 0 Å². The van der Waals surface area contributed by atoms with Crippen molar-refractivity contribution >= 4 is 0 Å². The Hall–Kier alpha value is -0.500. The second-order valence-corrected chi connectivity index (χ2v) is 9.20. The SMILES string of the molecule is C[C@]12/C=C\OCCCC[C@@H]1[C@H]1C[C@H]3CC[C@@H](O)C[C@@H]3C[C@@H]1CC2. The molecule has 0 bridgehead atoms. The van der Waals surface area contributed by atoms with Crippen molar-refractivity contribution in [2.45, 2.75) is 77.2 Å². The fourth-order valence-corrected chi connectivity index (χ4v) is 6.57. The Bertz CT molecular complexity index is 445. The Morgan fingerprint density at radius 3 is 2.78 bits per heavy atom. The van der Waals surface area contributed by atoms with Gasteiger partial charge in [-0.3, -0.25) is 0 Å². The van der Waals surface area contributed by atoms with Gasteiger partial charge in [-0.25, -0.2) is 0 Å². The van der Waals surface area contributed by atoms with Crippen LogP contribution in [0.4, 0.5) is 0 Å². The van der Waals surface area contributed by atoms with Gasteiger partial charge in [0.1, 0.15) is 0 Å². The zero-order valence-electron chi connectivity index (χ0n) is 14.8. The van der Waals surface area contributed by atoms with E-state index in [-0.39, 0.29) is 6.10 Å². The third-order valence-corrected chi connectivity index (χ3v) is 7.89. The second kappa shape index (κ2) is 6.43. The largest absolute Gasteiger partial charge is 0.502 e. The van der Waals surface area contributed by atoms with E-state index in [1.54, 1.807) is 0 Å². The topological polar surface area (TPSA) is 29.5 Å². The normalized spacial score (nSPS) is 51.7. The summed E-state index contributed by atoms with van der Waals surface area (Å²) in [5.74, 6) is 4.42. The first-order chi connectivity index (χ1) is 11.2. The van der Waals surface area contributed by atoms with E-state index in [0.717, 1.165) is 49.0 Å². The van der Waals surface area contributed by atoms with Crippen molar-refractivity contribution in [1.82, 2.24) is 0 Å². The van der Waals surface area contributed by atoms with Crippen LogP contribution in [0.15, 0.2) is 12.3 Å². The standard InChI is InChI=1S/C21H34O2/c1-21-8-7-16-12-17-13-18(22)6-5-15(17)14-19(16)20(21)4-2-3-10-23-11-9-21/h9,11,15-20,22H,2-8,10,12-14H2,1H3/b11-9-/t15-,16+,17+,18-,19+,20-,21+/m1/s1. The van der Waals surface area contributed by atoms with Gasteiger partial charge in [-0.15, -0.1) is 0 Å². The summed E-state index contributed by atoms with van der Waals surface area (Å²) in [4.78, 5) is 0. The van der Waals surface area contributed by atoms with E-state index in [9.17, 15) is 5.11 Å². The van der Waals surface area contributed by atoms with Gasteiger partial charge < -0.3 is 9.84 Å². The molecule has 23 heavy (non-hydrogen) atoms. The average Bonchev–Trinajstić information content (AvgIpc) is 2.63. The second-order valence-electron chi connectivity index (χ2n) is 9.20. The van der Waals surface area contributed by atoms with Crippen LogP contribution in [-0.2, 0) is 4.74 Å². The van der Waals surface area contributed by atoms with Gasteiger partial charge in [0, 0.05) is 0 Å². The van der Waals surface area contributed by atoms with Crippen molar-refractivity contribution in [3.05, 3.63) is 12.3 Å². The van der Waals surface area contributed by atoms with Gasteiger partial charge in [-0.05, 0) is 105 Å². The van der Waals surface area contributed by atoms with Crippen LogP contribution in [0.5, 0.6) is 0 Å². The molecule has 1 heterocycles. The van der Waals surface area contributed by atoms with E-state index in [2.05, 4.69) is 13.0 Å². The molecule has 1 N–H and O–H groups in total. The van der Waals surface area contributed by atoms with E-state index < -0.39 is 0 Å². The first-order valence-corrected chi connectivity index (χ1v) is 10.1. The molecule has 0 saturated heterocycles. The molecule has 4 aliphatic rings. The number of fused-ring (bicyclic) bond motifs is 4. The molecule has 7 atom stereocenters. The summed E-state index contributed by atoms with van der Waals surface area (Å²) in [6, 6.07) is 0. The maximum Gasteiger partial charge on any atom is 0.0873 e. The van der Waals surface area contributed by atoms with E-state index in [1.807, 2.05) is 6.26 Å². The first-order valence-electron chi connectivity index (χ1n) is 10.1. The molecule has 2 heteroatoms. The summed E-state index contributed by atoms with van der Waals surface area (Å²) in [6.07, 6.45) is 17.3. The lowest BCUT2D eigenvalue weighted by Gasteiger charge is -2.55. The molecule has 2 nitrogen and oxygen atoms in total. The Labute approximate surface area is 141 Å². The zero-order valence-corrected chi connectivity index (χ0v) is 14.8. The first kappa shape index (κ1) is 16.0. The minimum atomic E-state index is -0.00774. The molecule has 4 rings (SSSR count). The van der Waals surface area contributed by atoms with Gasteiger partial charge in [0.25, 0.3) is 0 Å². The molecule has 130 valence electrons. The summed E-state index contributed by atoms with van der Waals surface area (Å²) in [5.41, 5.74) is 0.354.